The van der Waals surface area contributed by atoms with E-state index >= 15 is 0 Å². The van der Waals surface area contributed by atoms with Crippen LogP contribution in [0, 0.1) is 0 Å². The molecule has 20 heavy (non-hydrogen) atoms. The van der Waals surface area contributed by atoms with Crippen LogP contribution in [-0.2, 0) is 29.7 Å². The van der Waals surface area contributed by atoms with E-state index in [1.807, 2.05) is 10.8 Å². The highest BCUT2D eigenvalue weighted by Gasteiger charge is 2.29. The predicted octanol–water partition coefficient (Wildman–Crippen LogP) is -0.724. The van der Waals surface area contributed by atoms with Crippen LogP contribution in [0.5, 0.6) is 0 Å². The number of sulfonamides is 1. The Balaban J connectivity index is 1.85. The summed E-state index contributed by atoms with van der Waals surface area (Å²) >= 11 is 0. The Hall–Kier alpha value is -1.71. The van der Waals surface area contributed by atoms with Crippen LogP contribution in [0.4, 0.5) is 0 Å². The van der Waals surface area contributed by atoms with Crippen LogP contribution in [0.25, 0.3) is 0 Å². The standard InChI is InChI=1S/C11H15N5O3S/c17-6-5-15-8-10(7-13-15)20(18,19)16-4-3-14-2-1-12-11(14)9-16/h1-2,7-8,17H,3-6,9H2. The smallest absolute Gasteiger partial charge is 0.246 e. The van der Waals surface area contributed by atoms with Crippen LogP contribution in [0.3, 0.4) is 0 Å². The maximum absolute atomic E-state index is 12.5. The Morgan fingerprint density at radius 3 is 3.00 bits per heavy atom. The van der Waals surface area contributed by atoms with E-state index in [0.29, 0.717) is 13.1 Å². The second-order valence-electron chi connectivity index (χ2n) is 4.54. The minimum Gasteiger partial charge on any atom is -0.394 e. The van der Waals surface area contributed by atoms with Crippen molar-refractivity contribution in [3.8, 4) is 0 Å². The van der Waals surface area contributed by atoms with Gasteiger partial charge in [-0.05, 0) is 0 Å². The molecule has 0 aromatic carbocycles. The molecule has 2 aromatic rings. The van der Waals surface area contributed by atoms with Gasteiger partial charge in [0.25, 0.3) is 0 Å². The number of hydrogen-bond acceptors (Lipinski definition) is 5. The van der Waals surface area contributed by atoms with Crippen LogP contribution in [0.1, 0.15) is 5.82 Å². The summed E-state index contributed by atoms with van der Waals surface area (Å²) in [5.74, 6) is 0.738. The molecular weight excluding hydrogens is 282 g/mol. The molecule has 0 saturated carbocycles. The third kappa shape index (κ3) is 2.23. The van der Waals surface area contributed by atoms with E-state index in [9.17, 15) is 8.42 Å². The molecular formula is C11H15N5O3S. The summed E-state index contributed by atoms with van der Waals surface area (Å²) in [7, 11) is -3.57. The number of fused-ring (bicyclic) bond motifs is 1. The first-order chi connectivity index (χ1) is 9.61. The number of aliphatic hydroxyl groups excluding tert-OH is 1. The summed E-state index contributed by atoms with van der Waals surface area (Å²) < 4.78 is 29.8. The lowest BCUT2D eigenvalue weighted by molar-refractivity contribution is 0.269. The molecule has 0 fully saturated rings. The molecule has 0 amide bonds. The van der Waals surface area contributed by atoms with Gasteiger partial charge in [-0.25, -0.2) is 13.4 Å². The molecule has 3 heterocycles. The molecule has 8 nitrogen and oxygen atoms in total. The lowest BCUT2D eigenvalue weighted by Gasteiger charge is -2.26. The minimum atomic E-state index is -3.57. The molecule has 0 aliphatic carbocycles. The first-order valence-electron chi connectivity index (χ1n) is 6.25. The van der Waals surface area contributed by atoms with Crippen molar-refractivity contribution in [3.63, 3.8) is 0 Å². The molecule has 0 bridgehead atoms. The van der Waals surface area contributed by atoms with E-state index in [0.717, 1.165) is 5.82 Å². The zero-order valence-electron chi connectivity index (χ0n) is 10.8. The van der Waals surface area contributed by atoms with Crippen molar-refractivity contribution in [2.24, 2.45) is 0 Å². The first-order valence-corrected chi connectivity index (χ1v) is 7.69. The summed E-state index contributed by atoms with van der Waals surface area (Å²) in [5, 5.41) is 12.8. The van der Waals surface area contributed by atoms with Gasteiger partial charge in [0.1, 0.15) is 10.7 Å². The molecule has 0 atom stereocenters. The van der Waals surface area contributed by atoms with Gasteiger partial charge in [-0.3, -0.25) is 4.68 Å². The molecule has 2 aromatic heterocycles. The normalized spacial score (nSPS) is 16.2. The van der Waals surface area contributed by atoms with Crippen LogP contribution in [0.2, 0.25) is 0 Å². The van der Waals surface area contributed by atoms with Crippen molar-refractivity contribution in [2.75, 3.05) is 13.2 Å². The van der Waals surface area contributed by atoms with Crippen molar-refractivity contribution in [1.29, 1.82) is 0 Å². The zero-order chi connectivity index (χ0) is 14.2. The lowest BCUT2D eigenvalue weighted by atomic mass is 10.4. The second kappa shape index (κ2) is 5.00. The van der Waals surface area contributed by atoms with Gasteiger partial charge in [0.05, 0.1) is 25.9 Å². The van der Waals surface area contributed by atoms with Crippen molar-refractivity contribution >= 4 is 10.0 Å². The van der Waals surface area contributed by atoms with Gasteiger partial charge >= 0.3 is 0 Å². The molecule has 0 unspecified atom stereocenters. The molecule has 0 spiro atoms. The van der Waals surface area contributed by atoms with Crippen molar-refractivity contribution in [2.45, 2.75) is 24.5 Å². The number of aliphatic hydroxyl groups is 1. The van der Waals surface area contributed by atoms with E-state index in [1.54, 1.807) is 6.20 Å². The Bertz CT molecular complexity index is 705. The summed E-state index contributed by atoms with van der Waals surface area (Å²) in [6.07, 6.45) is 6.27. The molecule has 3 rings (SSSR count). The molecule has 1 N–H and O–H groups in total. The maximum atomic E-state index is 12.5. The maximum Gasteiger partial charge on any atom is 0.246 e. The van der Waals surface area contributed by atoms with E-state index in [-0.39, 0.29) is 24.6 Å². The van der Waals surface area contributed by atoms with Crippen LogP contribution < -0.4 is 0 Å². The van der Waals surface area contributed by atoms with Gasteiger partial charge in [-0.1, -0.05) is 0 Å². The molecule has 1 aliphatic heterocycles. The summed E-state index contributed by atoms with van der Waals surface area (Å²) in [6, 6.07) is 0. The predicted molar refractivity (Wildman–Crippen MR) is 69.1 cm³/mol. The lowest BCUT2D eigenvalue weighted by Crippen LogP contribution is -2.38. The highest BCUT2D eigenvalue weighted by molar-refractivity contribution is 7.89. The van der Waals surface area contributed by atoms with Gasteiger partial charge in [0, 0.05) is 31.7 Å². The average Bonchev–Trinajstić information content (AvgIpc) is 3.06. The van der Waals surface area contributed by atoms with Crippen molar-refractivity contribution in [1.82, 2.24) is 23.6 Å². The highest BCUT2D eigenvalue weighted by Crippen LogP contribution is 2.20. The van der Waals surface area contributed by atoms with Gasteiger partial charge < -0.3 is 9.67 Å². The number of hydrogen-bond donors (Lipinski definition) is 1. The molecule has 108 valence electrons. The number of aromatic nitrogens is 4. The third-order valence-corrected chi connectivity index (χ3v) is 5.08. The van der Waals surface area contributed by atoms with Crippen LogP contribution >= 0.6 is 0 Å². The number of imidazole rings is 1. The van der Waals surface area contributed by atoms with Crippen LogP contribution in [0.15, 0.2) is 29.7 Å². The summed E-state index contributed by atoms with van der Waals surface area (Å²) in [6.45, 7) is 1.47. The summed E-state index contributed by atoms with van der Waals surface area (Å²) in [5.41, 5.74) is 0. The van der Waals surface area contributed by atoms with E-state index < -0.39 is 10.0 Å². The van der Waals surface area contributed by atoms with Crippen molar-refractivity contribution in [3.05, 3.63) is 30.6 Å². The van der Waals surface area contributed by atoms with Gasteiger partial charge in [-0.2, -0.15) is 9.40 Å². The first kappa shape index (κ1) is 13.3. The number of rotatable bonds is 4. The topological polar surface area (TPSA) is 93.2 Å². The fourth-order valence-electron chi connectivity index (χ4n) is 2.21. The molecule has 9 heteroatoms. The Morgan fingerprint density at radius 2 is 2.20 bits per heavy atom. The average molecular weight is 297 g/mol. The van der Waals surface area contributed by atoms with Crippen molar-refractivity contribution < 1.29 is 13.5 Å². The Kier molecular flexibility index (Phi) is 3.32. The monoisotopic (exact) mass is 297 g/mol. The number of nitrogens with zero attached hydrogens (tertiary/aromatic N) is 5. The van der Waals surface area contributed by atoms with Gasteiger partial charge in [0.2, 0.25) is 10.0 Å². The quantitative estimate of drug-likeness (QED) is 0.803. The molecule has 1 aliphatic rings. The largest absolute Gasteiger partial charge is 0.394 e. The Morgan fingerprint density at radius 1 is 1.35 bits per heavy atom. The van der Waals surface area contributed by atoms with Gasteiger partial charge in [-0.15, -0.1) is 0 Å². The fraction of sp³-hybridized carbons (Fsp3) is 0.455. The highest BCUT2D eigenvalue weighted by atomic mass is 32.2. The van der Waals surface area contributed by atoms with Crippen LogP contribution in [-0.4, -0.2) is 50.3 Å². The van der Waals surface area contributed by atoms with E-state index in [2.05, 4.69) is 10.1 Å². The van der Waals surface area contributed by atoms with E-state index in [4.69, 9.17) is 5.11 Å². The third-order valence-electron chi connectivity index (χ3n) is 3.29. The Labute approximate surface area is 116 Å². The SMILES string of the molecule is O=S(=O)(c1cnn(CCO)c1)N1CCn2ccnc2C1. The van der Waals surface area contributed by atoms with Gasteiger partial charge in [0.15, 0.2) is 0 Å². The fourth-order valence-corrected chi connectivity index (χ4v) is 3.55. The van der Waals surface area contributed by atoms with E-state index in [1.165, 1.54) is 21.4 Å². The zero-order valence-corrected chi connectivity index (χ0v) is 11.6. The molecule has 0 radical (unpaired) electrons. The molecule has 0 saturated heterocycles. The summed E-state index contributed by atoms with van der Waals surface area (Å²) in [4.78, 5) is 4.30. The second-order valence-corrected chi connectivity index (χ2v) is 6.48. The minimum absolute atomic E-state index is 0.0810.